The fourth-order valence-corrected chi connectivity index (χ4v) is 1.16. The quantitative estimate of drug-likeness (QED) is 0.733. The van der Waals surface area contributed by atoms with Crippen LogP contribution in [0.15, 0.2) is 18.2 Å². The smallest absolute Gasteiger partial charge is 0.319 e. The number of carbonyl (C=O) groups is 1. The van der Waals surface area contributed by atoms with E-state index in [1.54, 1.807) is 19.9 Å². The van der Waals surface area contributed by atoms with Crippen molar-refractivity contribution in [3.05, 3.63) is 29.6 Å². The summed E-state index contributed by atoms with van der Waals surface area (Å²) in [7, 11) is 0. The zero-order valence-corrected chi connectivity index (χ0v) is 9.25. The first-order valence-electron chi connectivity index (χ1n) is 4.97. The monoisotopic (exact) mass is 226 g/mol. The van der Waals surface area contributed by atoms with E-state index in [2.05, 4.69) is 10.6 Å². The summed E-state index contributed by atoms with van der Waals surface area (Å²) >= 11 is 0. The van der Waals surface area contributed by atoms with Crippen molar-refractivity contribution in [1.82, 2.24) is 5.32 Å². The van der Waals surface area contributed by atoms with E-state index < -0.39 is 11.8 Å². The Bertz CT molecular complexity index is 382. The first kappa shape index (κ1) is 12.4. The number of aliphatic hydroxyl groups excluding tert-OH is 1. The van der Waals surface area contributed by atoms with Gasteiger partial charge in [0.15, 0.2) is 0 Å². The molecule has 0 aromatic heterocycles. The van der Waals surface area contributed by atoms with Crippen molar-refractivity contribution in [2.24, 2.45) is 0 Å². The summed E-state index contributed by atoms with van der Waals surface area (Å²) in [6, 6.07) is 3.36. The number of aliphatic hydroxyl groups is 1. The molecule has 1 atom stereocenters. The molecular formula is C11H15FN2O2. The minimum Gasteiger partial charge on any atom is -0.394 e. The maximum Gasteiger partial charge on any atom is 0.319 e. The molecule has 5 heteroatoms. The van der Waals surface area contributed by atoms with E-state index >= 15 is 0 Å². The zero-order valence-electron chi connectivity index (χ0n) is 9.25. The lowest BCUT2D eigenvalue weighted by atomic mass is 10.2. The largest absolute Gasteiger partial charge is 0.394 e. The van der Waals surface area contributed by atoms with Gasteiger partial charge in [-0.05, 0) is 31.5 Å². The molecule has 1 aromatic rings. The first-order chi connectivity index (χ1) is 7.52. The van der Waals surface area contributed by atoms with Crippen LogP contribution in [0.25, 0.3) is 0 Å². The number of anilines is 1. The molecule has 0 heterocycles. The van der Waals surface area contributed by atoms with E-state index in [0.29, 0.717) is 5.69 Å². The lowest BCUT2D eigenvalue weighted by Crippen LogP contribution is -2.38. The van der Waals surface area contributed by atoms with Crippen LogP contribution in [-0.2, 0) is 0 Å². The third kappa shape index (κ3) is 3.51. The van der Waals surface area contributed by atoms with Crippen molar-refractivity contribution in [3.63, 3.8) is 0 Å². The molecule has 4 nitrogen and oxygen atoms in total. The number of aryl methyl sites for hydroxylation is 1. The molecule has 0 radical (unpaired) electrons. The van der Waals surface area contributed by atoms with Crippen molar-refractivity contribution >= 4 is 11.7 Å². The number of benzene rings is 1. The highest BCUT2D eigenvalue weighted by Crippen LogP contribution is 2.15. The van der Waals surface area contributed by atoms with Gasteiger partial charge < -0.3 is 15.7 Å². The summed E-state index contributed by atoms with van der Waals surface area (Å²) in [4.78, 5) is 11.4. The average molecular weight is 226 g/mol. The molecule has 3 N–H and O–H groups in total. The minimum absolute atomic E-state index is 0.143. The van der Waals surface area contributed by atoms with E-state index in [1.165, 1.54) is 12.1 Å². The van der Waals surface area contributed by atoms with E-state index in [4.69, 9.17) is 5.11 Å². The van der Waals surface area contributed by atoms with Crippen molar-refractivity contribution < 1.29 is 14.3 Å². The molecule has 0 saturated heterocycles. The number of hydrogen-bond acceptors (Lipinski definition) is 2. The summed E-state index contributed by atoms with van der Waals surface area (Å²) in [6.07, 6.45) is 0. The van der Waals surface area contributed by atoms with Crippen LogP contribution in [0.5, 0.6) is 0 Å². The highest BCUT2D eigenvalue weighted by molar-refractivity contribution is 5.90. The molecule has 0 fully saturated rings. The van der Waals surface area contributed by atoms with E-state index in [-0.39, 0.29) is 12.6 Å². The predicted octanol–water partition coefficient (Wildman–Crippen LogP) is 1.64. The van der Waals surface area contributed by atoms with Crippen LogP contribution in [-0.4, -0.2) is 23.8 Å². The van der Waals surface area contributed by atoms with Gasteiger partial charge >= 0.3 is 6.03 Å². The lowest BCUT2D eigenvalue weighted by molar-refractivity contribution is 0.229. The van der Waals surface area contributed by atoms with Gasteiger partial charge in [-0.2, -0.15) is 0 Å². The number of amides is 2. The van der Waals surface area contributed by atoms with Gasteiger partial charge in [0.2, 0.25) is 0 Å². The van der Waals surface area contributed by atoms with Crippen molar-refractivity contribution in [3.8, 4) is 0 Å². The molecule has 1 rings (SSSR count). The van der Waals surface area contributed by atoms with Gasteiger partial charge in [0.1, 0.15) is 5.82 Å². The Balaban J connectivity index is 2.65. The number of halogens is 1. The number of urea groups is 1. The fourth-order valence-electron chi connectivity index (χ4n) is 1.16. The molecule has 88 valence electrons. The normalized spacial score (nSPS) is 12.0. The Morgan fingerprint density at radius 1 is 1.56 bits per heavy atom. The Morgan fingerprint density at radius 2 is 2.25 bits per heavy atom. The highest BCUT2D eigenvalue weighted by atomic mass is 19.1. The molecule has 0 saturated carbocycles. The van der Waals surface area contributed by atoms with Gasteiger partial charge in [-0.25, -0.2) is 9.18 Å². The standard InChI is InChI=1S/C11H15FN2O2/c1-7-3-4-9(12)5-10(7)14-11(16)13-8(2)6-15/h3-5,8,15H,6H2,1-2H3,(H2,13,14,16). The van der Waals surface area contributed by atoms with Crippen LogP contribution in [0.2, 0.25) is 0 Å². The molecule has 0 spiro atoms. The second kappa shape index (κ2) is 5.46. The van der Waals surface area contributed by atoms with E-state index in [0.717, 1.165) is 5.56 Å². The Morgan fingerprint density at radius 3 is 2.88 bits per heavy atom. The minimum atomic E-state index is -0.463. The van der Waals surface area contributed by atoms with Crippen molar-refractivity contribution in [2.45, 2.75) is 19.9 Å². The second-order valence-corrected chi connectivity index (χ2v) is 3.64. The SMILES string of the molecule is Cc1ccc(F)cc1NC(=O)NC(C)CO. The fraction of sp³-hybridized carbons (Fsp3) is 0.364. The van der Waals surface area contributed by atoms with Gasteiger partial charge in [-0.15, -0.1) is 0 Å². The number of carbonyl (C=O) groups excluding carboxylic acids is 1. The summed E-state index contributed by atoms with van der Waals surface area (Å²) in [5.74, 6) is -0.406. The van der Waals surface area contributed by atoms with Crippen LogP contribution in [0.3, 0.4) is 0 Å². The third-order valence-electron chi connectivity index (χ3n) is 2.10. The van der Waals surface area contributed by atoms with Crippen molar-refractivity contribution in [1.29, 1.82) is 0 Å². The average Bonchev–Trinajstić information content (AvgIpc) is 2.23. The Kier molecular flexibility index (Phi) is 4.25. The van der Waals surface area contributed by atoms with Gasteiger partial charge in [-0.1, -0.05) is 6.07 Å². The van der Waals surface area contributed by atoms with Gasteiger partial charge in [-0.3, -0.25) is 0 Å². The summed E-state index contributed by atoms with van der Waals surface area (Å²) in [5.41, 5.74) is 1.19. The van der Waals surface area contributed by atoms with E-state index in [9.17, 15) is 9.18 Å². The molecule has 1 unspecified atom stereocenters. The van der Waals surface area contributed by atoms with Crippen LogP contribution < -0.4 is 10.6 Å². The summed E-state index contributed by atoms with van der Waals surface area (Å²) in [5, 5.41) is 13.8. The van der Waals surface area contributed by atoms with Crippen LogP contribution in [0.4, 0.5) is 14.9 Å². The topological polar surface area (TPSA) is 61.4 Å². The Labute approximate surface area is 93.5 Å². The molecule has 0 aliphatic carbocycles. The van der Waals surface area contributed by atoms with Crippen LogP contribution in [0.1, 0.15) is 12.5 Å². The molecule has 2 amide bonds. The lowest BCUT2D eigenvalue weighted by Gasteiger charge is -2.13. The van der Waals surface area contributed by atoms with Crippen molar-refractivity contribution in [2.75, 3.05) is 11.9 Å². The first-order valence-corrected chi connectivity index (χ1v) is 4.97. The number of rotatable bonds is 3. The molecule has 16 heavy (non-hydrogen) atoms. The van der Waals surface area contributed by atoms with Crippen LogP contribution >= 0.6 is 0 Å². The highest BCUT2D eigenvalue weighted by Gasteiger charge is 2.08. The molecule has 0 aliphatic heterocycles. The third-order valence-corrected chi connectivity index (χ3v) is 2.10. The molecular weight excluding hydrogens is 211 g/mol. The maximum atomic E-state index is 12.9. The number of hydrogen-bond donors (Lipinski definition) is 3. The summed E-state index contributed by atoms with van der Waals surface area (Å²) in [6.45, 7) is 3.29. The van der Waals surface area contributed by atoms with Gasteiger partial charge in [0, 0.05) is 5.69 Å². The maximum absolute atomic E-state index is 12.9. The van der Waals surface area contributed by atoms with Gasteiger partial charge in [0.25, 0.3) is 0 Å². The molecule has 0 bridgehead atoms. The molecule has 0 aliphatic rings. The van der Waals surface area contributed by atoms with E-state index in [1.807, 2.05) is 0 Å². The molecule has 1 aromatic carbocycles. The number of nitrogens with one attached hydrogen (secondary N) is 2. The van der Waals surface area contributed by atoms with Crippen LogP contribution in [0, 0.1) is 12.7 Å². The van der Waals surface area contributed by atoms with Gasteiger partial charge in [0.05, 0.1) is 12.6 Å². The zero-order chi connectivity index (χ0) is 12.1. The Hall–Kier alpha value is -1.62. The summed E-state index contributed by atoms with van der Waals surface area (Å²) < 4.78 is 12.9. The predicted molar refractivity (Wildman–Crippen MR) is 59.8 cm³/mol. The second-order valence-electron chi connectivity index (χ2n) is 3.64.